The molecule has 0 spiro atoms. The summed E-state index contributed by atoms with van der Waals surface area (Å²) in [6, 6.07) is 1.45. The van der Waals surface area contributed by atoms with Crippen LogP contribution in [0.25, 0.3) is 6.08 Å². The normalized spacial score (nSPS) is 12.5. The molecular formula is C13H19N3O3. The van der Waals surface area contributed by atoms with Crippen LogP contribution < -0.4 is 5.32 Å². The van der Waals surface area contributed by atoms with Crippen LogP contribution in [0.15, 0.2) is 18.3 Å². The summed E-state index contributed by atoms with van der Waals surface area (Å²) in [4.78, 5) is 22.4. The van der Waals surface area contributed by atoms with Gasteiger partial charge in [0.2, 0.25) is 5.91 Å². The molecule has 0 aliphatic rings. The van der Waals surface area contributed by atoms with Crippen molar-refractivity contribution in [1.82, 2.24) is 15.1 Å². The fourth-order valence-corrected chi connectivity index (χ4v) is 1.74. The summed E-state index contributed by atoms with van der Waals surface area (Å²) in [6.07, 6.45) is 6.09. The van der Waals surface area contributed by atoms with Gasteiger partial charge in [0, 0.05) is 25.4 Å². The molecule has 19 heavy (non-hydrogen) atoms. The van der Waals surface area contributed by atoms with Crippen molar-refractivity contribution in [2.24, 2.45) is 7.05 Å². The fraction of sp³-hybridized carbons (Fsp3) is 0.462. The predicted octanol–water partition coefficient (Wildman–Crippen LogP) is 1.19. The number of nitrogens with zero attached hydrogens (tertiary/aromatic N) is 2. The molecule has 0 aliphatic heterocycles. The zero-order valence-corrected chi connectivity index (χ0v) is 11.2. The van der Waals surface area contributed by atoms with Crippen LogP contribution in [0, 0.1) is 0 Å². The number of hydrogen-bond acceptors (Lipinski definition) is 3. The summed E-state index contributed by atoms with van der Waals surface area (Å²) in [5, 5.41) is 15.4. The molecule has 1 atom stereocenters. The summed E-state index contributed by atoms with van der Waals surface area (Å²) in [5.41, 5.74) is 0.806. The van der Waals surface area contributed by atoms with E-state index in [1.54, 1.807) is 30.1 Å². The molecule has 0 bridgehead atoms. The van der Waals surface area contributed by atoms with Crippen molar-refractivity contribution >= 4 is 18.0 Å². The third-order valence-corrected chi connectivity index (χ3v) is 2.67. The van der Waals surface area contributed by atoms with Gasteiger partial charge in [-0.25, -0.2) is 0 Å². The molecule has 1 unspecified atom stereocenters. The zero-order chi connectivity index (χ0) is 14.3. The Kier molecular flexibility index (Phi) is 5.78. The first-order chi connectivity index (χ1) is 9.02. The van der Waals surface area contributed by atoms with E-state index in [-0.39, 0.29) is 18.4 Å². The molecule has 0 saturated carbocycles. The van der Waals surface area contributed by atoms with Crippen LogP contribution in [0.4, 0.5) is 0 Å². The van der Waals surface area contributed by atoms with E-state index >= 15 is 0 Å². The molecule has 2 N–H and O–H groups in total. The van der Waals surface area contributed by atoms with Gasteiger partial charge in [-0.15, -0.1) is 0 Å². The van der Waals surface area contributed by atoms with Gasteiger partial charge >= 0.3 is 5.97 Å². The Labute approximate surface area is 112 Å². The molecule has 1 aromatic heterocycles. The predicted molar refractivity (Wildman–Crippen MR) is 71.3 cm³/mol. The van der Waals surface area contributed by atoms with Gasteiger partial charge in [0.25, 0.3) is 0 Å². The number of carboxylic acids is 1. The van der Waals surface area contributed by atoms with Gasteiger partial charge in [-0.1, -0.05) is 13.3 Å². The van der Waals surface area contributed by atoms with Gasteiger partial charge in [0.05, 0.1) is 12.1 Å². The first-order valence-corrected chi connectivity index (χ1v) is 6.21. The van der Waals surface area contributed by atoms with E-state index in [9.17, 15) is 9.59 Å². The highest BCUT2D eigenvalue weighted by atomic mass is 16.4. The van der Waals surface area contributed by atoms with Crippen molar-refractivity contribution in [2.75, 3.05) is 0 Å². The van der Waals surface area contributed by atoms with Crippen molar-refractivity contribution in [3.8, 4) is 0 Å². The minimum atomic E-state index is -0.908. The molecule has 0 saturated heterocycles. The molecule has 1 aromatic rings. The molecule has 0 radical (unpaired) electrons. The van der Waals surface area contributed by atoms with Crippen molar-refractivity contribution in [3.63, 3.8) is 0 Å². The quantitative estimate of drug-likeness (QED) is 0.725. The highest BCUT2D eigenvalue weighted by molar-refractivity contribution is 5.91. The molecule has 1 amide bonds. The number of carboxylic acid groups (broad SMARTS) is 1. The van der Waals surface area contributed by atoms with Crippen molar-refractivity contribution in [2.45, 2.75) is 32.2 Å². The number of nitrogens with one attached hydrogen (secondary N) is 1. The van der Waals surface area contributed by atoms with Crippen LogP contribution in [0.2, 0.25) is 0 Å². The number of aryl methyl sites for hydroxylation is 1. The Morgan fingerprint density at radius 2 is 2.32 bits per heavy atom. The lowest BCUT2D eigenvalue weighted by Gasteiger charge is -2.14. The second kappa shape index (κ2) is 7.35. The second-order valence-electron chi connectivity index (χ2n) is 4.31. The number of rotatable bonds is 7. The Balaban J connectivity index is 2.55. The molecular weight excluding hydrogens is 246 g/mol. The van der Waals surface area contributed by atoms with E-state index in [2.05, 4.69) is 10.4 Å². The maximum absolute atomic E-state index is 11.7. The molecule has 1 heterocycles. The lowest BCUT2D eigenvalue weighted by atomic mass is 10.1. The number of carbonyl (C=O) groups is 2. The highest BCUT2D eigenvalue weighted by Gasteiger charge is 2.13. The van der Waals surface area contributed by atoms with E-state index in [0.29, 0.717) is 6.42 Å². The van der Waals surface area contributed by atoms with Crippen LogP contribution in [0.5, 0.6) is 0 Å². The first kappa shape index (κ1) is 14.9. The van der Waals surface area contributed by atoms with Crippen LogP contribution in [0.3, 0.4) is 0 Å². The number of aliphatic carboxylic acids is 1. The monoisotopic (exact) mass is 265 g/mol. The molecule has 0 aromatic carbocycles. The standard InChI is InChI=1S/C13H19N3O3/c1-3-4-10(9-13(18)19)15-12(17)6-5-11-7-8-14-16(11)2/h5-8,10H,3-4,9H2,1-2H3,(H,15,17)(H,18,19)/b6-5+. The minimum absolute atomic E-state index is 0.0564. The zero-order valence-electron chi connectivity index (χ0n) is 11.2. The van der Waals surface area contributed by atoms with Crippen LogP contribution in [-0.4, -0.2) is 32.8 Å². The van der Waals surface area contributed by atoms with E-state index in [1.807, 2.05) is 6.92 Å². The van der Waals surface area contributed by atoms with E-state index < -0.39 is 5.97 Å². The molecule has 6 nitrogen and oxygen atoms in total. The Hall–Kier alpha value is -2.11. The van der Waals surface area contributed by atoms with Crippen molar-refractivity contribution in [3.05, 3.63) is 24.0 Å². The highest BCUT2D eigenvalue weighted by Crippen LogP contribution is 2.03. The van der Waals surface area contributed by atoms with Gasteiger partial charge in [0.1, 0.15) is 0 Å². The van der Waals surface area contributed by atoms with Gasteiger partial charge in [-0.2, -0.15) is 5.10 Å². The molecule has 104 valence electrons. The van der Waals surface area contributed by atoms with Gasteiger partial charge < -0.3 is 10.4 Å². The average Bonchev–Trinajstić information content (AvgIpc) is 2.71. The Bertz CT molecular complexity index is 465. The maximum Gasteiger partial charge on any atom is 0.305 e. The lowest BCUT2D eigenvalue weighted by molar-refractivity contribution is -0.137. The second-order valence-corrected chi connectivity index (χ2v) is 4.31. The van der Waals surface area contributed by atoms with Crippen LogP contribution in [0.1, 0.15) is 31.9 Å². The minimum Gasteiger partial charge on any atom is -0.481 e. The van der Waals surface area contributed by atoms with Crippen LogP contribution in [-0.2, 0) is 16.6 Å². The number of aromatic nitrogens is 2. The van der Waals surface area contributed by atoms with Crippen LogP contribution >= 0.6 is 0 Å². The molecule has 0 aliphatic carbocycles. The van der Waals surface area contributed by atoms with E-state index in [1.165, 1.54) is 6.08 Å². The first-order valence-electron chi connectivity index (χ1n) is 6.21. The Morgan fingerprint density at radius 1 is 1.58 bits per heavy atom. The average molecular weight is 265 g/mol. The SMILES string of the molecule is CCCC(CC(=O)O)NC(=O)/C=C/c1ccnn1C. The molecule has 1 rings (SSSR count). The molecule has 0 fully saturated rings. The summed E-state index contributed by atoms with van der Waals surface area (Å²) in [7, 11) is 1.78. The Morgan fingerprint density at radius 3 is 2.84 bits per heavy atom. The fourth-order valence-electron chi connectivity index (χ4n) is 1.74. The van der Waals surface area contributed by atoms with E-state index in [4.69, 9.17) is 5.11 Å². The van der Waals surface area contributed by atoms with Crippen molar-refractivity contribution < 1.29 is 14.7 Å². The number of carbonyl (C=O) groups excluding carboxylic acids is 1. The summed E-state index contributed by atoms with van der Waals surface area (Å²) >= 11 is 0. The van der Waals surface area contributed by atoms with E-state index in [0.717, 1.165) is 12.1 Å². The third kappa shape index (κ3) is 5.37. The largest absolute Gasteiger partial charge is 0.481 e. The third-order valence-electron chi connectivity index (χ3n) is 2.67. The topological polar surface area (TPSA) is 84.2 Å². The summed E-state index contributed by atoms with van der Waals surface area (Å²) in [6.45, 7) is 1.95. The maximum atomic E-state index is 11.7. The van der Waals surface area contributed by atoms with Gasteiger partial charge in [-0.05, 0) is 18.6 Å². The van der Waals surface area contributed by atoms with Crippen molar-refractivity contribution in [1.29, 1.82) is 0 Å². The molecule has 6 heteroatoms. The summed E-state index contributed by atoms with van der Waals surface area (Å²) in [5.74, 6) is -1.20. The van der Waals surface area contributed by atoms with Gasteiger partial charge in [0.15, 0.2) is 0 Å². The smallest absolute Gasteiger partial charge is 0.305 e. The van der Waals surface area contributed by atoms with Gasteiger partial charge in [-0.3, -0.25) is 14.3 Å². The number of hydrogen-bond donors (Lipinski definition) is 2. The summed E-state index contributed by atoms with van der Waals surface area (Å²) < 4.78 is 1.64. The number of amides is 1. The lowest BCUT2D eigenvalue weighted by Crippen LogP contribution is -2.35.